The summed E-state index contributed by atoms with van der Waals surface area (Å²) < 4.78 is 15.8. The molecule has 0 spiro atoms. The third-order valence-electron chi connectivity index (χ3n) is 3.26. The maximum atomic E-state index is 12.1. The zero-order chi connectivity index (χ0) is 18.4. The van der Waals surface area contributed by atoms with Crippen molar-refractivity contribution in [2.24, 2.45) is 5.92 Å². The molecule has 1 unspecified atom stereocenters. The topological polar surface area (TPSA) is 61.8 Å². The predicted molar refractivity (Wildman–Crippen MR) is 93.3 cm³/mol. The van der Waals surface area contributed by atoms with Crippen LogP contribution >= 0.6 is 0 Å². The Hall–Kier alpha value is -1.38. The summed E-state index contributed by atoms with van der Waals surface area (Å²) in [5.41, 5.74) is 0. The number of ketones is 1. The maximum Gasteiger partial charge on any atom is 0.309 e. The van der Waals surface area contributed by atoms with Crippen LogP contribution in [0, 0.1) is 17.8 Å². The molecule has 0 aromatic rings. The fourth-order valence-corrected chi connectivity index (χ4v) is 1.91. The lowest BCUT2D eigenvalue weighted by Crippen LogP contribution is -2.27. The molecular formula is C19H32O5. The van der Waals surface area contributed by atoms with Gasteiger partial charge in [-0.15, -0.1) is 0 Å². The fourth-order valence-electron chi connectivity index (χ4n) is 1.91. The quantitative estimate of drug-likeness (QED) is 0.179. The minimum absolute atomic E-state index is 0.222. The van der Waals surface area contributed by atoms with E-state index in [0.717, 1.165) is 25.7 Å². The van der Waals surface area contributed by atoms with Crippen LogP contribution in [0.3, 0.4) is 0 Å². The number of carbonyl (C=O) groups is 2. The van der Waals surface area contributed by atoms with E-state index in [1.165, 1.54) is 0 Å². The van der Waals surface area contributed by atoms with Gasteiger partial charge in [0.2, 0.25) is 6.29 Å². The first-order valence-corrected chi connectivity index (χ1v) is 8.95. The molecule has 0 saturated heterocycles. The molecule has 0 radical (unpaired) electrons. The van der Waals surface area contributed by atoms with Gasteiger partial charge in [-0.05, 0) is 38.5 Å². The molecule has 0 aliphatic carbocycles. The van der Waals surface area contributed by atoms with Gasteiger partial charge in [0.25, 0.3) is 5.78 Å². The zero-order valence-corrected chi connectivity index (χ0v) is 15.7. The number of hydrogen-bond donors (Lipinski definition) is 0. The molecule has 0 amide bonds. The van der Waals surface area contributed by atoms with Gasteiger partial charge in [0.1, 0.15) is 0 Å². The molecule has 0 bridgehead atoms. The van der Waals surface area contributed by atoms with Gasteiger partial charge >= 0.3 is 5.97 Å². The van der Waals surface area contributed by atoms with Crippen molar-refractivity contribution >= 4 is 11.8 Å². The number of ether oxygens (including phenoxy) is 3. The first-order chi connectivity index (χ1) is 11.5. The summed E-state index contributed by atoms with van der Waals surface area (Å²) in [6.45, 7) is 9.98. The highest BCUT2D eigenvalue weighted by Crippen LogP contribution is 2.10. The van der Waals surface area contributed by atoms with Crippen LogP contribution < -0.4 is 0 Å². The van der Waals surface area contributed by atoms with E-state index >= 15 is 0 Å². The van der Waals surface area contributed by atoms with Gasteiger partial charge in [0.05, 0.1) is 5.92 Å². The molecule has 0 saturated carbocycles. The number of unbranched alkanes of at least 4 members (excludes halogenated alkanes) is 3. The van der Waals surface area contributed by atoms with E-state index in [4.69, 9.17) is 14.2 Å². The molecular weight excluding hydrogens is 308 g/mol. The third kappa shape index (κ3) is 10.4. The Morgan fingerprint density at radius 3 is 2.08 bits per heavy atom. The van der Waals surface area contributed by atoms with Gasteiger partial charge in [-0.1, -0.05) is 40.0 Å². The molecule has 138 valence electrons. The van der Waals surface area contributed by atoms with E-state index < -0.39 is 18.2 Å². The standard InChI is InChI=1S/C19H32O5/c1-6-9-10-11-12-16(24-18(21)15(4)5)13-14-17(20)19(22-7-2)23-8-3/h15-16,19H,6-12H2,1-5H3. The highest BCUT2D eigenvalue weighted by Gasteiger charge is 2.18. The van der Waals surface area contributed by atoms with Gasteiger partial charge in [0.15, 0.2) is 6.10 Å². The lowest BCUT2D eigenvalue weighted by molar-refractivity contribution is -0.162. The van der Waals surface area contributed by atoms with Crippen LogP contribution in [0.15, 0.2) is 0 Å². The van der Waals surface area contributed by atoms with Crippen LogP contribution in [0.4, 0.5) is 0 Å². The highest BCUT2D eigenvalue weighted by atomic mass is 16.7. The number of Topliss-reactive ketones (excluding diaryl/α,β-unsaturated/α-hetero) is 1. The summed E-state index contributed by atoms with van der Waals surface area (Å²) >= 11 is 0. The predicted octanol–water partition coefficient (Wildman–Crippen LogP) is 3.50. The minimum atomic E-state index is -0.978. The van der Waals surface area contributed by atoms with Crippen LogP contribution in [-0.4, -0.2) is 37.4 Å². The number of rotatable bonds is 12. The molecule has 0 aliphatic rings. The van der Waals surface area contributed by atoms with Crippen LogP contribution in [0.25, 0.3) is 0 Å². The molecule has 5 heteroatoms. The zero-order valence-electron chi connectivity index (χ0n) is 15.7. The van der Waals surface area contributed by atoms with E-state index in [-0.39, 0.29) is 11.9 Å². The van der Waals surface area contributed by atoms with Crippen LogP contribution in [0.2, 0.25) is 0 Å². The molecule has 0 heterocycles. The van der Waals surface area contributed by atoms with E-state index in [1.54, 1.807) is 27.7 Å². The van der Waals surface area contributed by atoms with Crippen LogP contribution in [0.5, 0.6) is 0 Å². The Labute approximate surface area is 146 Å². The molecule has 1 atom stereocenters. The SMILES string of the molecule is CCCCCCC(C#CC(=O)C(OCC)OCC)OC(=O)C(C)C. The average molecular weight is 340 g/mol. The van der Waals surface area contributed by atoms with Crippen molar-refractivity contribution in [3.05, 3.63) is 0 Å². The monoisotopic (exact) mass is 340 g/mol. The van der Waals surface area contributed by atoms with Gasteiger partial charge < -0.3 is 14.2 Å². The molecule has 0 aromatic carbocycles. The fraction of sp³-hybridized carbons (Fsp3) is 0.789. The van der Waals surface area contributed by atoms with Crippen molar-refractivity contribution < 1.29 is 23.8 Å². The average Bonchev–Trinajstić information content (AvgIpc) is 2.55. The van der Waals surface area contributed by atoms with Gasteiger partial charge in [-0.2, -0.15) is 0 Å². The molecule has 0 rings (SSSR count). The molecule has 0 N–H and O–H groups in total. The second kappa shape index (κ2) is 14.0. The Kier molecular flexibility index (Phi) is 13.2. The third-order valence-corrected chi connectivity index (χ3v) is 3.26. The minimum Gasteiger partial charge on any atom is -0.449 e. The summed E-state index contributed by atoms with van der Waals surface area (Å²) in [4.78, 5) is 23.9. The summed E-state index contributed by atoms with van der Waals surface area (Å²) in [6, 6.07) is 0. The lowest BCUT2D eigenvalue weighted by atomic mass is 10.1. The normalized spacial score (nSPS) is 12.0. The first kappa shape index (κ1) is 22.6. The lowest BCUT2D eigenvalue weighted by Gasteiger charge is -2.15. The summed E-state index contributed by atoms with van der Waals surface area (Å²) in [5, 5.41) is 0. The van der Waals surface area contributed by atoms with Crippen LogP contribution in [0.1, 0.15) is 66.7 Å². The van der Waals surface area contributed by atoms with Crippen molar-refractivity contribution in [1.29, 1.82) is 0 Å². The van der Waals surface area contributed by atoms with Crippen molar-refractivity contribution in [3.63, 3.8) is 0 Å². The summed E-state index contributed by atoms with van der Waals surface area (Å²) in [7, 11) is 0. The second-order valence-electron chi connectivity index (χ2n) is 5.81. The summed E-state index contributed by atoms with van der Waals surface area (Å²) in [5.74, 6) is 4.33. The highest BCUT2D eigenvalue weighted by molar-refractivity contribution is 5.98. The van der Waals surface area contributed by atoms with Gasteiger partial charge in [0, 0.05) is 13.2 Å². The Bertz CT molecular complexity index is 413. The number of hydrogen-bond acceptors (Lipinski definition) is 5. The van der Waals surface area contributed by atoms with Crippen molar-refractivity contribution in [2.45, 2.75) is 79.1 Å². The molecule has 24 heavy (non-hydrogen) atoms. The van der Waals surface area contributed by atoms with Gasteiger partial charge in [-0.3, -0.25) is 9.59 Å². The largest absolute Gasteiger partial charge is 0.449 e. The van der Waals surface area contributed by atoms with Crippen molar-refractivity contribution in [1.82, 2.24) is 0 Å². The van der Waals surface area contributed by atoms with Gasteiger partial charge in [-0.25, -0.2) is 0 Å². The number of carbonyl (C=O) groups excluding carboxylic acids is 2. The van der Waals surface area contributed by atoms with E-state index in [0.29, 0.717) is 19.6 Å². The van der Waals surface area contributed by atoms with Crippen LogP contribution in [-0.2, 0) is 23.8 Å². The van der Waals surface area contributed by atoms with E-state index in [9.17, 15) is 9.59 Å². The molecule has 0 aliphatic heterocycles. The smallest absolute Gasteiger partial charge is 0.309 e. The maximum absolute atomic E-state index is 12.1. The Morgan fingerprint density at radius 2 is 1.58 bits per heavy atom. The molecule has 0 fully saturated rings. The summed E-state index contributed by atoms with van der Waals surface area (Å²) in [6.07, 6.45) is 3.32. The van der Waals surface area contributed by atoms with Crippen molar-refractivity contribution in [2.75, 3.05) is 13.2 Å². The number of esters is 1. The van der Waals surface area contributed by atoms with E-state index in [2.05, 4.69) is 18.8 Å². The second-order valence-corrected chi connectivity index (χ2v) is 5.81. The molecule has 0 aromatic heterocycles. The molecule has 5 nitrogen and oxygen atoms in total. The Morgan fingerprint density at radius 1 is 0.958 bits per heavy atom. The van der Waals surface area contributed by atoms with Crippen molar-refractivity contribution in [3.8, 4) is 11.8 Å². The Balaban J connectivity index is 4.82. The first-order valence-electron chi connectivity index (χ1n) is 8.95. The van der Waals surface area contributed by atoms with E-state index in [1.807, 2.05) is 0 Å².